The summed E-state index contributed by atoms with van der Waals surface area (Å²) < 4.78 is 0. The minimum atomic E-state index is -0.0641. The van der Waals surface area contributed by atoms with Crippen molar-refractivity contribution in [2.75, 3.05) is 25.5 Å². The second-order valence-corrected chi connectivity index (χ2v) is 4.80. The molecule has 1 heterocycles. The minimum absolute atomic E-state index is 0.0641. The molecule has 102 valence electrons. The smallest absolute Gasteiger partial charge is 0.238 e. The fraction of sp³-hybridized carbons (Fsp3) is 0.429. The molecule has 19 heavy (non-hydrogen) atoms. The number of nitrogens with one attached hydrogen (secondary N) is 2. The van der Waals surface area contributed by atoms with Crippen LogP contribution in [0.3, 0.4) is 0 Å². The molecule has 1 aliphatic heterocycles. The maximum absolute atomic E-state index is 11.7. The van der Waals surface area contributed by atoms with Crippen LogP contribution in [-0.2, 0) is 9.59 Å². The van der Waals surface area contributed by atoms with E-state index in [9.17, 15) is 9.59 Å². The highest BCUT2D eigenvalue weighted by atomic mass is 16.2. The lowest BCUT2D eigenvalue weighted by molar-refractivity contribution is -0.132. The molecule has 1 fully saturated rings. The standard InChI is InChI=1S/C14H19N3O2/c1-17-10-12(7-8-14(17)19)15-9-13(18)16-11-5-3-2-4-6-11/h2-6,12,15H,7-10H2,1H3,(H,16,18). The van der Waals surface area contributed by atoms with E-state index in [0.717, 1.165) is 12.1 Å². The average molecular weight is 261 g/mol. The van der Waals surface area contributed by atoms with Gasteiger partial charge in [-0.2, -0.15) is 0 Å². The normalized spacial score (nSPS) is 19.3. The number of nitrogens with zero attached hydrogens (tertiary/aromatic N) is 1. The number of likely N-dealkylation sites (N-methyl/N-ethyl adjacent to an activating group) is 1. The summed E-state index contributed by atoms with van der Waals surface area (Å²) in [6.45, 7) is 0.930. The van der Waals surface area contributed by atoms with Crippen LogP contribution in [0.25, 0.3) is 0 Å². The predicted octanol–water partition coefficient (Wildman–Crippen LogP) is 0.835. The van der Waals surface area contributed by atoms with Crippen molar-refractivity contribution in [1.82, 2.24) is 10.2 Å². The third kappa shape index (κ3) is 4.06. The summed E-state index contributed by atoms with van der Waals surface area (Å²) in [5.74, 6) is 0.109. The van der Waals surface area contributed by atoms with E-state index in [1.807, 2.05) is 30.3 Å². The van der Waals surface area contributed by atoms with Crippen LogP contribution in [0.15, 0.2) is 30.3 Å². The van der Waals surface area contributed by atoms with Gasteiger partial charge in [0.25, 0.3) is 0 Å². The molecule has 1 unspecified atom stereocenters. The predicted molar refractivity (Wildman–Crippen MR) is 73.7 cm³/mol. The second-order valence-electron chi connectivity index (χ2n) is 4.80. The van der Waals surface area contributed by atoms with E-state index in [0.29, 0.717) is 13.0 Å². The highest BCUT2D eigenvalue weighted by Gasteiger charge is 2.22. The molecule has 2 N–H and O–H groups in total. The highest BCUT2D eigenvalue weighted by Crippen LogP contribution is 2.09. The van der Waals surface area contributed by atoms with Gasteiger partial charge < -0.3 is 15.5 Å². The molecule has 1 aliphatic rings. The van der Waals surface area contributed by atoms with Crippen LogP contribution < -0.4 is 10.6 Å². The van der Waals surface area contributed by atoms with Gasteiger partial charge in [-0.25, -0.2) is 0 Å². The lowest BCUT2D eigenvalue weighted by Crippen LogP contribution is -2.48. The molecule has 0 radical (unpaired) electrons. The molecule has 1 saturated heterocycles. The fourth-order valence-corrected chi connectivity index (χ4v) is 2.14. The Labute approximate surface area is 113 Å². The van der Waals surface area contributed by atoms with Crippen LogP contribution >= 0.6 is 0 Å². The molecule has 2 amide bonds. The van der Waals surface area contributed by atoms with Gasteiger partial charge in [0, 0.05) is 31.7 Å². The third-order valence-electron chi connectivity index (χ3n) is 3.24. The first-order valence-electron chi connectivity index (χ1n) is 6.47. The van der Waals surface area contributed by atoms with E-state index in [2.05, 4.69) is 10.6 Å². The Hall–Kier alpha value is -1.88. The zero-order valence-corrected chi connectivity index (χ0v) is 11.1. The first-order chi connectivity index (χ1) is 9.15. The Balaban J connectivity index is 1.73. The Morgan fingerprint density at radius 3 is 2.79 bits per heavy atom. The number of amides is 2. The van der Waals surface area contributed by atoms with Gasteiger partial charge in [-0.15, -0.1) is 0 Å². The van der Waals surface area contributed by atoms with E-state index < -0.39 is 0 Å². The van der Waals surface area contributed by atoms with E-state index >= 15 is 0 Å². The Bertz CT molecular complexity index is 447. The maximum Gasteiger partial charge on any atom is 0.238 e. The fourth-order valence-electron chi connectivity index (χ4n) is 2.14. The molecule has 2 rings (SSSR count). The average Bonchev–Trinajstić information content (AvgIpc) is 2.41. The molecule has 5 nitrogen and oxygen atoms in total. The van der Waals surface area contributed by atoms with Crippen molar-refractivity contribution in [2.24, 2.45) is 0 Å². The Kier molecular flexibility index (Phi) is 4.52. The number of hydrogen-bond donors (Lipinski definition) is 2. The van der Waals surface area contributed by atoms with Crippen molar-refractivity contribution in [3.63, 3.8) is 0 Å². The van der Waals surface area contributed by atoms with Crippen LogP contribution in [-0.4, -0.2) is 42.9 Å². The Morgan fingerprint density at radius 1 is 1.37 bits per heavy atom. The summed E-state index contributed by atoms with van der Waals surface area (Å²) in [6, 6.07) is 9.57. The highest BCUT2D eigenvalue weighted by molar-refractivity contribution is 5.92. The van der Waals surface area contributed by atoms with Crippen molar-refractivity contribution < 1.29 is 9.59 Å². The number of anilines is 1. The molecule has 5 heteroatoms. The summed E-state index contributed by atoms with van der Waals surface area (Å²) in [5.41, 5.74) is 0.797. The number of rotatable bonds is 4. The summed E-state index contributed by atoms with van der Waals surface area (Å²) >= 11 is 0. The summed E-state index contributed by atoms with van der Waals surface area (Å²) in [4.78, 5) is 24.8. The topological polar surface area (TPSA) is 61.4 Å². The molecule has 1 aromatic rings. The van der Waals surface area contributed by atoms with E-state index in [-0.39, 0.29) is 24.4 Å². The molecule has 1 aromatic carbocycles. The molecule has 0 aliphatic carbocycles. The number of carbonyl (C=O) groups is 2. The van der Waals surface area contributed by atoms with Crippen molar-refractivity contribution in [3.05, 3.63) is 30.3 Å². The van der Waals surface area contributed by atoms with Gasteiger partial charge in [0.2, 0.25) is 11.8 Å². The molecular weight excluding hydrogens is 242 g/mol. The monoisotopic (exact) mass is 261 g/mol. The van der Waals surface area contributed by atoms with Gasteiger partial charge in [0.05, 0.1) is 6.54 Å². The van der Waals surface area contributed by atoms with Gasteiger partial charge in [0.1, 0.15) is 0 Å². The quantitative estimate of drug-likeness (QED) is 0.844. The maximum atomic E-state index is 11.7. The minimum Gasteiger partial charge on any atom is -0.344 e. The van der Waals surface area contributed by atoms with Crippen molar-refractivity contribution in [2.45, 2.75) is 18.9 Å². The first-order valence-corrected chi connectivity index (χ1v) is 6.47. The van der Waals surface area contributed by atoms with Crippen LogP contribution in [0.1, 0.15) is 12.8 Å². The zero-order chi connectivity index (χ0) is 13.7. The number of hydrogen-bond acceptors (Lipinski definition) is 3. The molecule has 0 spiro atoms. The first kappa shape index (κ1) is 13.5. The molecule has 1 atom stereocenters. The van der Waals surface area contributed by atoms with Gasteiger partial charge in [-0.05, 0) is 18.6 Å². The lowest BCUT2D eigenvalue weighted by Gasteiger charge is -2.30. The number of piperidine rings is 1. The van der Waals surface area contributed by atoms with Crippen LogP contribution in [0.4, 0.5) is 5.69 Å². The molecular formula is C14H19N3O2. The number of carbonyl (C=O) groups excluding carboxylic acids is 2. The zero-order valence-electron chi connectivity index (χ0n) is 11.1. The van der Waals surface area contributed by atoms with E-state index in [4.69, 9.17) is 0 Å². The van der Waals surface area contributed by atoms with Gasteiger partial charge >= 0.3 is 0 Å². The van der Waals surface area contributed by atoms with Crippen LogP contribution in [0, 0.1) is 0 Å². The lowest BCUT2D eigenvalue weighted by atomic mass is 10.1. The summed E-state index contributed by atoms with van der Waals surface area (Å²) in [6.07, 6.45) is 1.34. The SMILES string of the molecule is CN1CC(NCC(=O)Nc2ccccc2)CCC1=O. The largest absolute Gasteiger partial charge is 0.344 e. The van der Waals surface area contributed by atoms with Crippen molar-refractivity contribution >= 4 is 17.5 Å². The summed E-state index contributed by atoms with van der Waals surface area (Å²) in [7, 11) is 1.79. The summed E-state index contributed by atoms with van der Waals surface area (Å²) in [5, 5.41) is 6.01. The third-order valence-corrected chi connectivity index (χ3v) is 3.24. The number of benzene rings is 1. The number of para-hydroxylation sites is 1. The van der Waals surface area contributed by atoms with Crippen LogP contribution in [0.2, 0.25) is 0 Å². The van der Waals surface area contributed by atoms with Crippen molar-refractivity contribution in [1.29, 1.82) is 0 Å². The van der Waals surface area contributed by atoms with Gasteiger partial charge in [-0.3, -0.25) is 9.59 Å². The van der Waals surface area contributed by atoms with E-state index in [1.165, 1.54) is 0 Å². The Morgan fingerprint density at radius 2 is 2.11 bits per heavy atom. The van der Waals surface area contributed by atoms with Crippen LogP contribution in [0.5, 0.6) is 0 Å². The van der Waals surface area contributed by atoms with Crippen molar-refractivity contribution in [3.8, 4) is 0 Å². The second kappa shape index (κ2) is 6.33. The van der Waals surface area contributed by atoms with E-state index in [1.54, 1.807) is 11.9 Å². The van der Waals surface area contributed by atoms with Gasteiger partial charge in [0.15, 0.2) is 0 Å². The van der Waals surface area contributed by atoms with Gasteiger partial charge in [-0.1, -0.05) is 18.2 Å². The molecule has 0 bridgehead atoms. The molecule has 0 aromatic heterocycles. The molecule has 0 saturated carbocycles. The number of likely N-dealkylation sites (tertiary alicyclic amines) is 1.